The van der Waals surface area contributed by atoms with E-state index in [1.165, 1.54) is 12.1 Å². The third kappa shape index (κ3) is 1.90. The molecule has 1 rings (SSSR count). The van der Waals surface area contributed by atoms with Crippen molar-refractivity contribution in [2.45, 2.75) is 19.3 Å². The Bertz CT molecular complexity index is 372. The Kier molecular flexibility index (Phi) is 2.85. The molecule has 4 heteroatoms. The summed E-state index contributed by atoms with van der Waals surface area (Å²) in [6, 6.07) is 2.75. The number of rotatable bonds is 2. The predicted octanol–water partition coefficient (Wildman–Crippen LogP) is 2.34. The summed E-state index contributed by atoms with van der Waals surface area (Å²) in [4.78, 5) is 10.8. The molecule has 0 saturated carbocycles. The van der Waals surface area contributed by atoms with Gasteiger partial charge < -0.3 is 15.0 Å². The molecule has 3 nitrogen and oxygen atoms in total. The van der Waals surface area contributed by atoms with E-state index in [9.17, 15) is 15.0 Å². The molecule has 0 radical (unpaired) electrons. The van der Waals surface area contributed by atoms with E-state index in [1.54, 1.807) is 13.8 Å². The van der Waals surface area contributed by atoms with Gasteiger partial charge in [-0.1, -0.05) is 15.9 Å². The highest BCUT2D eigenvalue weighted by Crippen LogP contribution is 2.36. The molecule has 0 amide bonds. The van der Waals surface area contributed by atoms with Crippen molar-refractivity contribution in [3.63, 3.8) is 0 Å². The molecule has 0 aliphatic rings. The van der Waals surface area contributed by atoms with Gasteiger partial charge in [-0.05, 0) is 31.5 Å². The topological polar surface area (TPSA) is 57.5 Å². The van der Waals surface area contributed by atoms with Crippen molar-refractivity contribution in [1.82, 2.24) is 0 Å². The van der Waals surface area contributed by atoms with Crippen LogP contribution in [0, 0.1) is 0 Å². The minimum Gasteiger partial charge on any atom is -0.504 e. The van der Waals surface area contributed by atoms with Crippen LogP contribution in [0.2, 0.25) is 0 Å². The standard InChI is InChI=1S/C10H11BrO3/c1-10(2,5-12)6-3-8(13)9(14)4-7(6)11/h3-5,13-14H,1-2H3. The van der Waals surface area contributed by atoms with Gasteiger partial charge in [-0.25, -0.2) is 0 Å². The van der Waals surface area contributed by atoms with E-state index in [2.05, 4.69) is 15.9 Å². The lowest BCUT2D eigenvalue weighted by atomic mass is 9.86. The van der Waals surface area contributed by atoms with Gasteiger partial charge in [0.15, 0.2) is 11.5 Å². The lowest BCUT2D eigenvalue weighted by Gasteiger charge is -2.19. The van der Waals surface area contributed by atoms with Crippen LogP contribution < -0.4 is 0 Å². The van der Waals surface area contributed by atoms with Crippen molar-refractivity contribution in [1.29, 1.82) is 0 Å². The zero-order valence-corrected chi connectivity index (χ0v) is 9.50. The van der Waals surface area contributed by atoms with Crippen LogP contribution in [0.15, 0.2) is 16.6 Å². The monoisotopic (exact) mass is 258 g/mol. The molecule has 76 valence electrons. The van der Waals surface area contributed by atoms with Crippen LogP contribution in [-0.4, -0.2) is 16.5 Å². The van der Waals surface area contributed by atoms with Crippen LogP contribution in [0.3, 0.4) is 0 Å². The number of carbonyl (C=O) groups is 1. The highest BCUT2D eigenvalue weighted by Gasteiger charge is 2.23. The Labute approximate surface area is 90.5 Å². The Hall–Kier alpha value is -1.03. The van der Waals surface area contributed by atoms with Gasteiger partial charge in [0.05, 0.1) is 0 Å². The average Bonchev–Trinajstić information content (AvgIpc) is 2.11. The second-order valence-electron chi connectivity index (χ2n) is 3.66. The van der Waals surface area contributed by atoms with Gasteiger partial charge in [0.2, 0.25) is 0 Å². The maximum absolute atomic E-state index is 10.8. The minimum atomic E-state index is -0.690. The molecule has 0 aliphatic heterocycles. The van der Waals surface area contributed by atoms with Gasteiger partial charge in [-0.15, -0.1) is 0 Å². The molecule has 0 aliphatic carbocycles. The van der Waals surface area contributed by atoms with E-state index in [4.69, 9.17) is 0 Å². The Morgan fingerprint density at radius 1 is 1.29 bits per heavy atom. The Balaban J connectivity index is 3.36. The van der Waals surface area contributed by atoms with Crippen molar-refractivity contribution >= 4 is 22.2 Å². The summed E-state index contributed by atoms with van der Waals surface area (Å²) in [6.07, 6.45) is 0.795. The van der Waals surface area contributed by atoms with Gasteiger partial charge in [-0.3, -0.25) is 0 Å². The van der Waals surface area contributed by atoms with Crippen molar-refractivity contribution < 1.29 is 15.0 Å². The van der Waals surface area contributed by atoms with Gasteiger partial charge in [0.25, 0.3) is 0 Å². The van der Waals surface area contributed by atoms with E-state index in [0.717, 1.165) is 6.29 Å². The second kappa shape index (κ2) is 3.61. The summed E-state index contributed by atoms with van der Waals surface area (Å²) in [5.74, 6) is -0.430. The summed E-state index contributed by atoms with van der Waals surface area (Å²) >= 11 is 3.23. The molecule has 0 bridgehead atoms. The number of phenolic OH excluding ortho intramolecular Hbond substituents is 2. The lowest BCUT2D eigenvalue weighted by molar-refractivity contribution is -0.111. The number of hydrogen-bond acceptors (Lipinski definition) is 3. The van der Waals surface area contributed by atoms with Crippen molar-refractivity contribution in [2.24, 2.45) is 0 Å². The quantitative estimate of drug-likeness (QED) is 0.633. The van der Waals surface area contributed by atoms with Crippen LogP contribution in [0.4, 0.5) is 0 Å². The van der Waals surface area contributed by atoms with Crippen LogP contribution >= 0.6 is 15.9 Å². The molecule has 2 N–H and O–H groups in total. The smallest absolute Gasteiger partial charge is 0.158 e. The molecule has 0 saturated heterocycles. The second-order valence-corrected chi connectivity index (χ2v) is 4.51. The molecule has 0 aromatic heterocycles. The number of benzene rings is 1. The third-order valence-corrected chi connectivity index (χ3v) is 2.71. The number of aromatic hydroxyl groups is 2. The van der Waals surface area contributed by atoms with E-state index < -0.39 is 5.41 Å². The van der Waals surface area contributed by atoms with E-state index >= 15 is 0 Å². The van der Waals surface area contributed by atoms with Crippen molar-refractivity contribution in [3.8, 4) is 11.5 Å². The SMILES string of the molecule is CC(C)(C=O)c1cc(O)c(O)cc1Br. The number of hydrogen-bond donors (Lipinski definition) is 2. The van der Waals surface area contributed by atoms with Crippen molar-refractivity contribution in [2.75, 3.05) is 0 Å². The van der Waals surface area contributed by atoms with Gasteiger partial charge in [-0.2, -0.15) is 0 Å². The Morgan fingerprint density at radius 2 is 1.79 bits per heavy atom. The molecule has 0 heterocycles. The number of halogens is 1. The minimum absolute atomic E-state index is 0.206. The summed E-state index contributed by atoms with van der Waals surface area (Å²) in [5.41, 5.74) is -0.0490. The number of carbonyl (C=O) groups excluding carboxylic acids is 1. The van der Waals surface area contributed by atoms with Crippen LogP contribution in [-0.2, 0) is 10.2 Å². The first kappa shape index (κ1) is 11.0. The van der Waals surface area contributed by atoms with E-state index in [1.807, 2.05) is 0 Å². The summed E-state index contributed by atoms with van der Waals surface area (Å²) in [5, 5.41) is 18.5. The normalized spacial score (nSPS) is 11.4. The molecular formula is C10H11BrO3. The summed E-state index contributed by atoms with van der Waals surface area (Å²) in [7, 11) is 0. The maximum Gasteiger partial charge on any atom is 0.158 e. The van der Waals surface area contributed by atoms with Gasteiger partial charge >= 0.3 is 0 Å². The zero-order chi connectivity index (χ0) is 10.9. The number of aldehydes is 1. The van der Waals surface area contributed by atoms with Crippen LogP contribution in [0.1, 0.15) is 19.4 Å². The highest BCUT2D eigenvalue weighted by molar-refractivity contribution is 9.10. The zero-order valence-electron chi connectivity index (χ0n) is 7.91. The van der Waals surface area contributed by atoms with Gasteiger partial charge in [0, 0.05) is 9.89 Å². The highest BCUT2D eigenvalue weighted by atomic mass is 79.9. The van der Waals surface area contributed by atoms with Crippen molar-refractivity contribution in [3.05, 3.63) is 22.2 Å². The van der Waals surface area contributed by atoms with E-state index in [-0.39, 0.29) is 11.5 Å². The lowest BCUT2D eigenvalue weighted by Crippen LogP contribution is -2.19. The van der Waals surface area contributed by atoms with Crippen LogP contribution in [0.25, 0.3) is 0 Å². The molecule has 0 spiro atoms. The fourth-order valence-electron chi connectivity index (χ4n) is 1.11. The predicted molar refractivity (Wildman–Crippen MR) is 56.6 cm³/mol. The molecule has 0 atom stereocenters. The maximum atomic E-state index is 10.8. The van der Waals surface area contributed by atoms with E-state index in [0.29, 0.717) is 10.0 Å². The first-order valence-electron chi connectivity index (χ1n) is 4.07. The fraction of sp³-hybridized carbons (Fsp3) is 0.300. The molecule has 0 unspecified atom stereocenters. The number of phenols is 2. The average molecular weight is 259 g/mol. The van der Waals surface area contributed by atoms with Gasteiger partial charge in [0.1, 0.15) is 6.29 Å². The summed E-state index contributed by atoms with van der Waals surface area (Å²) in [6.45, 7) is 3.47. The molecule has 0 fully saturated rings. The van der Waals surface area contributed by atoms with Crippen LogP contribution in [0.5, 0.6) is 11.5 Å². The summed E-state index contributed by atoms with van der Waals surface area (Å²) < 4.78 is 0.602. The Morgan fingerprint density at radius 3 is 2.29 bits per heavy atom. The molecule has 1 aromatic rings. The molecule has 1 aromatic carbocycles. The first-order valence-corrected chi connectivity index (χ1v) is 4.86. The fourth-order valence-corrected chi connectivity index (χ4v) is 1.95. The molecular weight excluding hydrogens is 248 g/mol. The largest absolute Gasteiger partial charge is 0.504 e. The third-order valence-electron chi connectivity index (χ3n) is 2.05. The first-order chi connectivity index (χ1) is 6.38. The molecule has 14 heavy (non-hydrogen) atoms.